The average Bonchev–Trinajstić information content (AvgIpc) is 3.24. The van der Waals surface area contributed by atoms with Crippen molar-refractivity contribution in [1.29, 1.82) is 0 Å². The Morgan fingerprint density at radius 2 is 1.61 bits per heavy atom. The van der Waals surface area contributed by atoms with Crippen LogP contribution in [0.25, 0.3) is 11.0 Å². The molecular weight excluding hydrogens is 496 g/mol. The van der Waals surface area contributed by atoms with Crippen LogP contribution in [0.5, 0.6) is 5.88 Å². The van der Waals surface area contributed by atoms with E-state index in [0.29, 0.717) is 25.5 Å². The first kappa shape index (κ1) is 31.9. The summed E-state index contributed by atoms with van der Waals surface area (Å²) in [5.41, 5.74) is 1.50. The highest BCUT2D eigenvalue weighted by molar-refractivity contribution is 7.99. The molecule has 212 valence electrons. The fraction of sp³-hybridized carbons (Fsp3) is 0.667. The van der Waals surface area contributed by atoms with Crippen molar-refractivity contribution in [2.24, 2.45) is 7.05 Å². The number of hydrogen-bond donors (Lipinski definition) is 0. The second kappa shape index (κ2) is 20.6. The molecule has 2 rings (SSSR count). The Kier molecular flexibility index (Phi) is 17.3. The van der Waals surface area contributed by atoms with Gasteiger partial charge in [0.15, 0.2) is 5.52 Å². The van der Waals surface area contributed by atoms with Crippen molar-refractivity contribution in [3.8, 4) is 5.88 Å². The molecular formula is C30H48N4O3S. The van der Waals surface area contributed by atoms with Crippen LogP contribution in [0, 0.1) is 0 Å². The third-order valence-electron chi connectivity index (χ3n) is 6.19. The molecule has 2 aromatic heterocycles. The van der Waals surface area contributed by atoms with Gasteiger partial charge in [0.25, 0.3) is 0 Å². The lowest BCUT2D eigenvalue weighted by Gasteiger charge is -2.06. The molecule has 0 unspecified atom stereocenters. The minimum absolute atomic E-state index is 0.154. The first-order valence-corrected chi connectivity index (χ1v) is 15.5. The van der Waals surface area contributed by atoms with Crippen LogP contribution >= 0.6 is 11.8 Å². The maximum Gasteiger partial charge on any atom is 0.305 e. The molecule has 7 nitrogen and oxygen atoms in total. The van der Waals surface area contributed by atoms with Crippen LogP contribution < -0.4 is 4.74 Å². The van der Waals surface area contributed by atoms with E-state index in [9.17, 15) is 4.79 Å². The van der Waals surface area contributed by atoms with Crippen molar-refractivity contribution in [3.05, 3.63) is 30.6 Å². The van der Waals surface area contributed by atoms with Crippen molar-refractivity contribution in [3.63, 3.8) is 0 Å². The summed E-state index contributed by atoms with van der Waals surface area (Å²) in [4.78, 5) is 20.3. The number of fused-ring (bicyclic) bond motifs is 1. The molecule has 0 aliphatic carbocycles. The van der Waals surface area contributed by atoms with Gasteiger partial charge in [-0.1, -0.05) is 69.8 Å². The summed E-state index contributed by atoms with van der Waals surface area (Å²) in [7, 11) is 1.88. The van der Waals surface area contributed by atoms with Gasteiger partial charge in [-0.15, -0.1) is 11.8 Å². The van der Waals surface area contributed by atoms with E-state index >= 15 is 0 Å². The summed E-state index contributed by atoms with van der Waals surface area (Å²) in [6.07, 6.45) is 26.7. The number of thioether (sulfide) groups is 1. The van der Waals surface area contributed by atoms with Gasteiger partial charge >= 0.3 is 5.97 Å². The zero-order valence-electron chi connectivity index (χ0n) is 23.8. The lowest BCUT2D eigenvalue weighted by Crippen LogP contribution is -2.03. The molecule has 38 heavy (non-hydrogen) atoms. The van der Waals surface area contributed by atoms with Crippen molar-refractivity contribution >= 4 is 28.8 Å². The SMILES string of the molecule is CCCCC/C=C\C/C=C\CCCCCCCCOc1c2ncnc(SCCCC(=O)OCC)c2nn1C. The Labute approximate surface area is 233 Å². The van der Waals surface area contributed by atoms with Crippen LogP contribution in [-0.2, 0) is 16.6 Å². The summed E-state index contributed by atoms with van der Waals surface area (Å²) >= 11 is 1.59. The number of rotatable bonds is 22. The van der Waals surface area contributed by atoms with E-state index in [-0.39, 0.29) is 5.97 Å². The molecule has 0 bridgehead atoms. The quantitative estimate of drug-likeness (QED) is 0.0488. The topological polar surface area (TPSA) is 79.1 Å². The fourth-order valence-corrected chi connectivity index (χ4v) is 4.98. The molecule has 2 aromatic rings. The second-order valence-corrected chi connectivity index (χ2v) is 10.6. The second-order valence-electron chi connectivity index (χ2n) is 9.49. The van der Waals surface area contributed by atoms with Crippen molar-refractivity contribution in [2.75, 3.05) is 19.0 Å². The Bertz CT molecular complexity index is 974. The standard InChI is InChI=1S/C30H48N4O3S/c1-4-6-7-8-9-10-11-12-13-14-15-16-17-18-19-20-23-37-30-28-27(33-34(30)3)29(32-25-31-28)38-24-21-22-26(35)36-5-2/h9-10,12-13,25H,4-8,11,14-24H2,1-3H3/b10-9-,13-12-. The maximum atomic E-state index is 11.5. The monoisotopic (exact) mass is 544 g/mol. The zero-order chi connectivity index (χ0) is 27.3. The number of aromatic nitrogens is 4. The number of esters is 1. The van der Waals surface area contributed by atoms with E-state index in [1.165, 1.54) is 64.2 Å². The summed E-state index contributed by atoms with van der Waals surface area (Å²) in [6.45, 7) is 5.15. The van der Waals surface area contributed by atoms with Crippen LogP contribution in [0.2, 0.25) is 0 Å². The van der Waals surface area contributed by atoms with E-state index in [4.69, 9.17) is 9.47 Å². The summed E-state index contributed by atoms with van der Waals surface area (Å²) in [5, 5.41) is 5.41. The van der Waals surface area contributed by atoms with E-state index in [1.54, 1.807) is 22.8 Å². The van der Waals surface area contributed by atoms with Crippen LogP contribution in [-0.4, -0.2) is 44.7 Å². The normalized spacial score (nSPS) is 11.8. The van der Waals surface area contributed by atoms with Gasteiger partial charge in [-0.25, -0.2) is 14.6 Å². The largest absolute Gasteiger partial charge is 0.476 e. The van der Waals surface area contributed by atoms with Crippen molar-refractivity contribution in [2.45, 2.75) is 109 Å². The molecule has 2 heterocycles. The number of nitrogens with zero attached hydrogens (tertiary/aromatic N) is 4. The van der Waals surface area contributed by atoms with Gasteiger partial charge in [0.2, 0.25) is 5.88 Å². The molecule has 0 atom stereocenters. The van der Waals surface area contributed by atoms with Crippen LogP contribution in [0.1, 0.15) is 104 Å². The summed E-state index contributed by atoms with van der Waals surface area (Å²) in [6, 6.07) is 0. The number of hydrogen-bond acceptors (Lipinski definition) is 7. The average molecular weight is 545 g/mol. The zero-order valence-corrected chi connectivity index (χ0v) is 24.6. The number of carbonyl (C=O) groups excluding carboxylic acids is 1. The molecule has 8 heteroatoms. The van der Waals surface area contributed by atoms with Gasteiger partial charge in [-0.2, -0.15) is 5.10 Å². The van der Waals surface area contributed by atoms with Gasteiger partial charge in [-0.05, 0) is 51.9 Å². The number of carbonyl (C=O) groups is 1. The third-order valence-corrected chi connectivity index (χ3v) is 7.25. The predicted octanol–water partition coefficient (Wildman–Crippen LogP) is 7.99. The number of unbranched alkanes of at least 4 members (excludes halogenated alkanes) is 9. The van der Waals surface area contributed by atoms with E-state index in [2.05, 4.69) is 46.3 Å². The highest BCUT2D eigenvalue weighted by Gasteiger charge is 2.16. The molecule has 0 aliphatic rings. The third kappa shape index (κ3) is 12.9. The van der Waals surface area contributed by atoms with Crippen LogP contribution in [0.3, 0.4) is 0 Å². The smallest absolute Gasteiger partial charge is 0.305 e. The van der Waals surface area contributed by atoms with Crippen molar-refractivity contribution in [1.82, 2.24) is 19.7 Å². The van der Waals surface area contributed by atoms with Crippen molar-refractivity contribution < 1.29 is 14.3 Å². The lowest BCUT2D eigenvalue weighted by molar-refractivity contribution is -0.143. The predicted molar refractivity (Wildman–Crippen MR) is 158 cm³/mol. The first-order chi connectivity index (χ1) is 18.7. The molecule has 0 amide bonds. The molecule has 0 saturated carbocycles. The Balaban J connectivity index is 1.57. The highest BCUT2D eigenvalue weighted by Crippen LogP contribution is 2.30. The number of aryl methyl sites for hydroxylation is 1. The van der Waals surface area contributed by atoms with Gasteiger partial charge in [0.05, 0.1) is 13.2 Å². The highest BCUT2D eigenvalue weighted by atomic mass is 32.2. The molecule has 0 saturated heterocycles. The van der Waals surface area contributed by atoms with Gasteiger partial charge in [-0.3, -0.25) is 4.79 Å². The number of ether oxygens (including phenoxy) is 2. The molecule has 0 N–H and O–H groups in total. The van der Waals surface area contributed by atoms with Gasteiger partial charge in [0, 0.05) is 19.2 Å². The Morgan fingerprint density at radius 3 is 2.34 bits per heavy atom. The minimum Gasteiger partial charge on any atom is -0.476 e. The lowest BCUT2D eigenvalue weighted by atomic mass is 10.1. The van der Waals surface area contributed by atoms with Crippen LogP contribution in [0.4, 0.5) is 0 Å². The Hall–Kier alpha value is -2.35. The minimum atomic E-state index is -0.154. The Morgan fingerprint density at radius 1 is 0.895 bits per heavy atom. The molecule has 0 fully saturated rings. The summed E-state index contributed by atoms with van der Waals surface area (Å²) < 4.78 is 12.8. The summed E-state index contributed by atoms with van der Waals surface area (Å²) in [5.74, 6) is 1.31. The van der Waals surface area contributed by atoms with E-state index in [0.717, 1.165) is 41.1 Å². The molecule has 0 aliphatic heterocycles. The van der Waals surface area contributed by atoms with E-state index in [1.807, 2.05) is 14.0 Å². The van der Waals surface area contributed by atoms with Crippen LogP contribution in [0.15, 0.2) is 35.7 Å². The molecule has 0 radical (unpaired) electrons. The first-order valence-electron chi connectivity index (χ1n) is 14.6. The fourth-order valence-electron chi connectivity index (χ4n) is 4.10. The van der Waals surface area contributed by atoms with E-state index < -0.39 is 0 Å². The molecule has 0 aromatic carbocycles. The van der Waals surface area contributed by atoms with Gasteiger partial charge in [0.1, 0.15) is 16.9 Å². The molecule has 0 spiro atoms. The maximum absolute atomic E-state index is 11.5. The number of allylic oxidation sites excluding steroid dienone is 4. The van der Waals surface area contributed by atoms with Gasteiger partial charge < -0.3 is 9.47 Å².